The van der Waals surface area contributed by atoms with E-state index in [1.807, 2.05) is 0 Å². The summed E-state index contributed by atoms with van der Waals surface area (Å²) in [5.41, 5.74) is 0. The van der Waals surface area contributed by atoms with Crippen molar-refractivity contribution in [3.63, 3.8) is 0 Å². The van der Waals surface area contributed by atoms with Gasteiger partial charge in [0.1, 0.15) is 0 Å². The van der Waals surface area contributed by atoms with E-state index < -0.39 is 55.8 Å². The summed E-state index contributed by atoms with van der Waals surface area (Å²) in [7, 11) is -18.9. The van der Waals surface area contributed by atoms with Crippen LogP contribution in [0.2, 0.25) is 0 Å². The molecule has 2 N–H and O–H groups in total. The van der Waals surface area contributed by atoms with E-state index in [2.05, 4.69) is 0 Å². The molecule has 0 radical (unpaired) electrons. The first-order chi connectivity index (χ1) is 12.4. The van der Waals surface area contributed by atoms with Gasteiger partial charge < -0.3 is 28.7 Å². The fraction of sp³-hybridized carbons (Fsp3) is 0. The van der Waals surface area contributed by atoms with E-state index in [0.29, 0.717) is 12.1 Å². The maximum absolute atomic E-state index is 10.6. The van der Waals surface area contributed by atoms with E-state index >= 15 is 0 Å². The van der Waals surface area contributed by atoms with Crippen molar-refractivity contribution in [3.8, 4) is 0 Å². The fourth-order valence-corrected chi connectivity index (χ4v) is 3.99. The third kappa shape index (κ3) is 9.41. The number of benzene rings is 2. The summed E-state index contributed by atoms with van der Waals surface area (Å²) in [6.45, 7) is 0. The summed E-state index contributed by atoms with van der Waals surface area (Å²) < 4.78 is 80.4. The molecule has 0 aromatic heterocycles. The minimum absolute atomic E-state index is 0. The fourth-order valence-electron chi connectivity index (χ4n) is 1.63. The Balaban J connectivity index is 0.000000523. The van der Waals surface area contributed by atoms with Gasteiger partial charge in [-0.2, -0.15) is 16.8 Å². The molecule has 0 bridgehead atoms. The van der Waals surface area contributed by atoms with E-state index in [4.69, 9.17) is 9.11 Å². The first-order valence-corrected chi connectivity index (χ1v) is 12.6. The molecular weight excluding hydrogens is 553 g/mol. The van der Waals surface area contributed by atoms with Crippen LogP contribution >= 0.6 is 15.2 Å². The standard InChI is InChI=1S/2C6H7O6PS.Zr/c2*7-13(8,9)5-2-1-3-6(4-5)14(10,11)12;/h2*1-4H,(H2,7,8,9)(H,10,11,12);/q;;+4/p-4. The van der Waals surface area contributed by atoms with Gasteiger partial charge in [0, 0.05) is 0 Å². The first kappa shape index (κ1) is 28.4. The third-order valence-corrected chi connectivity index (χ3v) is 6.38. The second-order valence-corrected chi connectivity index (χ2v) is 10.8. The SMILES string of the molecule is O=P([O-])([O-])c1cccc(S(=O)(=O)O)c1.O=P([O-])([O-])c1cccc(S(=O)(=O)O)c1.[Zr+4]. The summed E-state index contributed by atoms with van der Waals surface area (Å²) in [5.74, 6) is 0. The Morgan fingerprint density at radius 3 is 1.14 bits per heavy atom. The smallest absolute Gasteiger partial charge is 0.807 e. The van der Waals surface area contributed by atoms with Crippen LogP contribution in [0, 0.1) is 0 Å². The number of rotatable bonds is 4. The zero-order valence-electron chi connectivity index (χ0n) is 13.8. The van der Waals surface area contributed by atoms with Crippen molar-refractivity contribution in [2.45, 2.75) is 9.79 Å². The Bertz CT molecular complexity index is 1070. The zero-order valence-corrected chi connectivity index (χ0v) is 19.7. The quantitative estimate of drug-likeness (QED) is 0.279. The van der Waals surface area contributed by atoms with Crippen molar-refractivity contribution < 1.29 is 80.8 Å². The predicted molar refractivity (Wildman–Crippen MR) is 87.0 cm³/mol. The molecule has 0 unspecified atom stereocenters. The molecule has 0 fully saturated rings. The molecule has 0 amide bonds. The topological polar surface area (TPSA) is 235 Å². The van der Waals surface area contributed by atoms with Crippen LogP contribution in [0.15, 0.2) is 58.3 Å². The van der Waals surface area contributed by atoms with Gasteiger partial charge in [-0.1, -0.05) is 24.3 Å². The minimum Gasteiger partial charge on any atom is -0.807 e. The van der Waals surface area contributed by atoms with Crippen molar-refractivity contribution in [2.75, 3.05) is 0 Å². The van der Waals surface area contributed by atoms with E-state index in [1.165, 1.54) is 0 Å². The van der Waals surface area contributed by atoms with Crippen LogP contribution in [-0.4, -0.2) is 25.9 Å². The molecule has 0 atom stereocenters. The van der Waals surface area contributed by atoms with Crippen molar-refractivity contribution in [1.82, 2.24) is 0 Å². The predicted octanol–water partition coefficient (Wildman–Crippen LogP) is -3.06. The van der Waals surface area contributed by atoms with Gasteiger partial charge in [0.15, 0.2) is 0 Å². The molecule has 2 aromatic rings. The van der Waals surface area contributed by atoms with E-state index in [-0.39, 0.29) is 26.2 Å². The Morgan fingerprint density at radius 2 is 0.931 bits per heavy atom. The van der Waals surface area contributed by atoms with Crippen LogP contribution in [0.5, 0.6) is 0 Å². The van der Waals surface area contributed by atoms with Crippen LogP contribution in [0.3, 0.4) is 0 Å². The van der Waals surface area contributed by atoms with E-state index in [0.717, 1.165) is 36.4 Å². The average Bonchev–Trinajstić information content (AvgIpc) is 2.52. The Labute approximate surface area is 184 Å². The third-order valence-electron chi connectivity index (χ3n) is 2.86. The largest absolute Gasteiger partial charge is 4.00 e. The summed E-state index contributed by atoms with van der Waals surface area (Å²) in [6.07, 6.45) is 0. The molecule has 29 heavy (non-hydrogen) atoms. The first-order valence-electron chi connectivity index (χ1n) is 6.63. The molecule has 2 aromatic carbocycles. The van der Waals surface area contributed by atoms with Gasteiger partial charge in [-0.3, -0.25) is 9.11 Å². The molecule has 0 aliphatic rings. The Morgan fingerprint density at radius 1 is 0.655 bits per heavy atom. The van der Waals surface area contributed by atoms with Crippen LogP contribution in [0.4, 0.5) is 0 Å². The van der Waals surface area contributed by atoms with Crippen molar-refractivity contribution in [1.29, 1.82) is 0 Å². The van der Waals surface area contributed by atoms with Gasteiger partial charge in [-0.25, -0.2) is 0 Å². The summed E-state index contributed by atoms with van der Waals surface area (Å²) >= 11 is 0. The van der Waals surface area contributed by atoms with Crippen LogP contribution in [-0.2, 0) is 55.6 Å². The van der Waals surface area contributed by atoms with Gasteiger partial charge in [-0.15, -0.1) is 0 Å². The molecule has 156 valence electrons. The molecule has 0 saturated carbocycles. The summed E-state index contributed by atoms with van der Waals surface area (Å²) in [4.78, 5) is 40.8. The molecule has 0 aliphatic heterocycles. The monoisotopic (exact) mass is 562 g/mol. The normalized spacial score (nSPS) is 12.3. The van der Waals surface area contributed by atoms with E-state index in [1.54, 1.807) is 0 Å². The average molecular weight is 564 g/mol. The maximum atomic E-state index is 10.6. The van der Waals surface area contributed by atoms with Crippen molar-refractivity contribution in [3.05, 3.63) is 48.5 Å². The molecule has 0 aliphatic carbocycles. The summed E-state index contributed by atoms with van der Waals surface area (Å²) in [6, 6.07) is 7.20. The molecule has 17 heteroatoms. The minimum atomic E-state index is -4.99. The maximum Gasteiger partial charge on any atom is 4.00 e. The molecular formula is C12H10O12P2S2Zr. The van der Waals surface area contributed by atoms with Crippen molar-refractivity contribution >= 4 is 46.0 Å². The molecule has 0 heterocycles. The van der Waals surface area contributed by atoms with E-state index in [9.17, 15) is 45.5 Å². The van der Waals surface area contributed by atoms with Crippen LogP contribution < -0.4 is 30.2 Å². The Kier molecular flexibility index (Phi) is 9.97. The van der Waals surface area contributed by atoms with Gasteiger partial charge in [0.2, 0.25) is 0 Å². The van der Waals surface area contributed by atoms with Gasteiger partial charge in [0.25, 0.3) is 20.2 Å². The zero-order chi connectivity index (χ0) is 22.0. The molecule has 2 rings (SSSR count). The van der Waals surface area contributed by atoms with Crippen LogP contribution in [0.1, 0.15) is 0 Å². The van der Waals surface area contributed by atoms with Crippen molar-refractivity contribution in [2.24, 2.45) is 0 Å². The number of hydrogen-bond acceptors (Lipinski definition) is 10. The molecule has 0 saturated heterocycles. The van der Waals surface area contributed by atoms with Gasteiger partial charge in [0.05, 0.1) is 9.79 Å². The summed E-state index contributed by atoms with van der Waals surface area (Å²) in [5, 5.41) is -1.35. The Hall–Kier alpha value is -0.557. The molecule has 0 spiro atoms. The number of hydrogen-bond donors (Lipinski definition) is 2. The van der Waals surface area contributed by atoms with Gasteiger partial charge >= 0.3 is 26.2 Å². The molecule has 12 nitrogen and oxygen atoms in total. The second-order valence-electron chi connectivity index (χ2n) is 4.94. The van der Waals surface area contributed by atoms with Gasteiger partial charge in [-0.05, 0) is 50.1 Å². The second kappa shape index (κ2) is 10.2. The van der Waals surface area contributed by atoms with Crippen LogP contribution in [0.25, 0.3) is 0 Å².